The van der Waals surface area contributed by atoms with E-state index in [1.807, 2.05) is 0 Å². The summed E-state index contributed by atoms with van der Waals surface area (Å²) in [6, 6.07) is 1.81. The summed E-state index contributed by atoms with van der Waals surface area (Å²) in [6.45, 7) is 0. The van der Waals surface area contributed by atoms with E-state index in [1.54, 1.807) is 12.3 Å². The van der Waals surface area contributed by atoms with Crippen molar-refractivity contribution in [3.63, 3.8) is 0 Å². The van der Waals surface area contributed by atoms with Crippen molar-refractivity contribution in [3.8, 4) is 0 Å². The maximum Gasteiger partial charge on any atom is 0.326 e. The minimum absolute atomic E-state index is 0.0227. The van der Waals surface area contributed by atoms with Crippen molar-refractivity contribution in [3.05, 3.63) is 51.7 Å². The van der Waals surface area contributed by atoms with E-state index in [2.05, 4.69) is 25.3 Å². The minimum Gasteiger partial charge on any atom is -0.481 e. The fraction of sp³-hybridized carbons (Fsp3) is 0.263. The summed E-state index contributed by atoms with van der Waals surface area (Å²) in [5.41, 5.74) is 7.13. The van der Waals surface area contributed by atoms with E-state index in [4.69, 9.17) is 15.9 Å². The maximum atomic E-state index is 12.3. The number of hydrogen-bond acceptors (Lipinski definition) is 7. The van der Waals surface area contributed by atoms with E-state index in [1.165, 1.54) is 12.3 Å². The van der Waals surface area contributed by atoms with Crippen molar-refractivity contribution >= 4 is 34.8 Å². The quantitative estimate of drug-likeness (QED) is 0.272. The van der Waals surface area contributed by atoms with Crippen LogP contribution >= 0.6 is 0 Å². The van der Waals surface area contributed by atoms with Gasteiger partial charge in [-0.05, 0) is 37.0 Å². The monoisotopic (exact) mass is 428 g/mol. The molecular formula is C19H20N6O6. The van der Waals surface area contributed by atoms with Crippen LogP contribution in [-0.2, 0) is 22.4 Å². The molecule has 0 bridgehead atoms. The molecule has 0 aliphatic heterocycles. The number of nitrogens with zero attached hydrogens (tertiary/aromatic N) is 2. The molecule has 1 atom stereocenters. The van der Waals surface area contributed by atoms with Crippen molar-refractivity contribution in [2.24, 2.45) is 0 Å². The van der Waals surface area contributed by atoms with Crippen LogP contribution in [0.2, 0.25) is 0 Å². The van der Waals surface area contributed by atoms with Crippen LogP contribution in [0.5, 0.6) is 0 Å². The van der Waals surface area contributed by atoms with E-state index >= 15 is 0 Å². The number of fused-ring (bicyclic) bond motifs is 1. The second-order valence-electron chi connectivity index (χ2n) is 6.82. The van der Waals surface area contributed by atoms with Crippen LogP contribution in [0.4, 0.5) is 5.95 Å². The van der Waals surface area contributed by atoms with Crippen LogP contribution in [0.15, 0.2) is 29.3 Å². The first-order valence-electron chi connectivity index (χ1n) is 9.30. The molecule has 12 heteroatoms. The predicted molar refractivity (Wildman–Crippen MR) is 109 cm³/mol. The molecule has 3 heterocycles. The van der Waals surface area contributed by atoms with Crippen molar-refractivity contribution in [2.45, 2.75) is 31.7 Å². The smallest absolute Gasteiger partial charge is 0.326 e. The summed E-state index contributed by atoms with van der Waals surface area (Å²) in [4.78, 5) is 59.8. The van der Waals surface area contributed by atoms with Crippen LogP contribution in [-0.4, -0.2) is 54.0 Å². The molecule has 0 aliphatic rings. The normalized spacial score (nSPS) is 11.9. The van der Waals surface area contributed by atoms with Gasteiger partial charge in [0, 0.05) is 24.5 Å². The van der Waals surface area contributed by atoms with Crippen molar-refractivity contribution < 1.29 is 24.6 Å². The van der Waals surface area contributed by atoms with E-state index in [9.17, 15) is 19.2 Å². The average Bonchev–Trinajstić information content (AvgIpc) is 3.12. The molecule has 3 aromatic rings. The van der Waals surface area contributed by atoms with Gasteiger partial charge in [-0.2, -0.15) is 4.98 Å². The Morgan fingerprint density at radius 3 is 2.61 bits per heavy atom. The molecule has 0 saturated carbocycles. The third-order valence-corrected chi connectivity index (χ3v) is 4.63. The van der Waals surface area contributed by atoms with Crippen molar-refractivity contribution in [1.82, 2.24) is 25.3 Å². The van der Waals surface area contributed by atoms with E-state index in [0.717, 1.165) is 5.56 Å². The Hall–Kier alpha value is -4.22. The largest absolute Gasteiger partial charge is 0.481 e. The molecule has 0 unspecified atom stereocenters. The first-order chi connectivity index (χ1) is 14.7. The number of aromatic amines is 2. The van der Waals surface area contributed by atoms with Crippen molar-refractivity contribution in [1.29, 1.82) is 0 Å². The number of rotatable bonds is 9. The molecule has 12 nitrogen and oxygen atoms in total. The Kier molecular flexibility index (Phi) is 6.29. The van der Waals surface area contributed by atoms with Crippen LogP contribution in [0, 0.1) is 0 Å². The highest BCUT2D eigenvalue weighted by molar-refractivity contribution is 5.96. The number of carboxylic acid groups (broad SMARTS) is 2. The molecule has 0 saturated heterocycles. The average molecular weight is 428 g/mol. The van der Waals surface area contributed by atoms with E-state index in [0.29, 0.717) is 29.6 Å². The maximum absolute atomic E-state index is 12.3. The lowest BCUT2D eigenvalue weighted by molar-refractivity contribution is -0.140. The number of nitrogens with one attached hydrogen (secondary N) is 3. The number of amides is 1. The molecule has 0 radical (unpaired) electrons. The number of aromatic nitrogens is 4. The Balaban J connectivity index is 1.64. The number of nitrogen functional groups attached to an aromatic ring is 1. The fourth-order valence-corrected chi connectivity index (χ4v) is 3.05. The van der Waals surface area contributed by atoms with Gasteiger partial charge in [-0.15, -0.1) is 0 Å². The molecule has 31 heavy (non-hydrogen) atoms. The summed E-state index contributed by atoms with van der Waals surface area (Å²) in [7, 11) is 0. The summed E-state index contributed by atoms with van der Waals surface area (Å²) in [5, 5.41) is 20.5. The van der Waals surface area contributed by atoms with E-state index in [-0.39, 0.29) is 29.9 Å². The lowest BCUT2D eigenvalue weighted by Gasteiger charge is -2.13. The van der Waals surface area contributed by atoms with Gasteiger partial charge in [-0.3, -0.25) is 24.4 Å². The van der Waals surface area contributed by atoms with Gasteiger partial charge in [0.15, 0.2) is 0 Å². The van der Waals surface area contributed by atoms with Gasteiger partial charge < -0.3 is 26.2 Å². The van der Waals surface area contributed by atoms with Gasteiger partial charge >= 0.3 is 11.9 Å². The lowest BCUT2D eigenvalue weighted by atomic mass is 10.1. The highest BCUT2D eigenvalue weighted by Crippen LogP contribution is 2.15. The van der Waals surface area contributed by atoms with Crippen molar-refractivity contribution in [2.75, 3.05) is 5.73 Å². The minimum atomic E-state index is -1.32. The number of nitrogens with two attached hydrogens (primary N) is 1. The van der Waals surface area contributed by atoms with Gasteiger partial charge in [0.25, 0.3) is 11.5 Å². The standard InChI is InChI=1S/C19H20N6O6/c20-19-24-15-14(17(29)25-19)9(7-22-15)1-3-11-4-2-10(8-21-11)16(28)23-12(18(30)31)5-6-13(26)27/h2,4,7-8,12H,1,3,5-6H2,(H,23,28)(H,26,27)(H,30,31)(H4,20,22,24,25,29)/t12-/m0/s1. The number of carbonyl (C=O) groups is 3. The number of anilines is 1. The molecule has 7 N–H and O–H groups in total. The second kappa shape index (κ2) is 9.07. The van der Waals surface area contributed by atoms with Crippen LogP contribution in [0.3, 0.4) is 0 Å². The number of aryl methyl sites for hydroxylation is 2. The summed E-state index contributed by atoms with van der Waals surface area (Å²) in [6.07, 6.45) is 3.35. The summed E-state index contributed by atoms with van der Waals surface area (Å²) < 4.78 is 0. The second-order valence-corrected chi connectivity index (χ2v) is 6.82. The summed E-state index contributed by atoms with van der Waals surface area (Å²) in [5.74, 6) is -3.11. The number of hydrogen-bond donors (Lipinski definition) is 6. The third kappa shape index (κ3) is 5.23. The number of carbonyl (C=O) groups excluding carboxylic acids is 1. The van der Waals surface area contributed by atoms with Gasteiger partial charge in [-0.1, -0.05) is 0 Å². The fourth-order valence-electron chi connectivity index (χ4n) is 3.05. The first-order valence-corrected chi connectivity index (χ1v) is 9.30. The SMILES string of the molecule is Nc1nc2[nH]cc(CCc3ccc(C(=O)N[C@@H](CCC(=O)O)C(=O)O)cn3)c2c(=O)[nH]1. The highest BCUT2D eigenvalue weighted by atomic mass is 16.4. The van der Waals surface area contributed by atoms with Gasteiger partial charge in [0.05, 0.1) is 10.9 Å². The van der Waals surface area contributed by atoms with Crippen LogP contribution < -0.4 is 16.6 Å². The molecule has 0 fully saturated rings. The molecule has 1 amide bonds. The van der Waals surface area contributed by atoms with Crippen LogP contribution in [0.25, 0.3) is 11.0 Å². The molecule has 0 aromatic carbocycles. The number of pyridine rings is 1. The molecule has 3 aromatic heterocycles. The van der Waals surface area contributed by atoms with Crippen LogP contribution in [0.1, 0.15) is 34.5 Å². The Bertz CT molecular complexity index is 1180. The zero-order chi connectivity index (χ0) is 22.5. The number of H-pyrrole nitrogens is 2. The zero-order valence-electron chi connectivity index (χ0n) is 16.2. The Labute approximate surface area is 174 Å². The lowest BCUT2D eigenvalue weighted by Crippen LogP contribution is -2.41. The highest BCUT2D eigenvalue weighted by Gasteiger charge is 2.21. The van der Waals surface area contributed by atoms with E-state index < -0.39 is 23.9 Å². The molecule has 162 valence electrons. The Morgan fingerprint density at radius 2 is 1.97 bits per heavy atom. The molecule has 3 rings (SSSR count). The zero-order valence-corrected chi connectivity index (χ0v) is 16.2. The third-order valence-electron chi connectivity index (χ3n) is 4.63. The predicted octanol–water partition coefficient (Wildman–Crippen LogP) is 0.0614. The summed E-state index contributed by atoms with van der Waals surface area (Å²) >= 11 is 0. The van der Waals surface area contributed by atoms with Gasteiger partial charge in [0.2, 0.25) is 5.95 Å². The van der Waals surface area contributed by atoms with Gasteiger partial charge in [0.1, 0.15) is 11.7 Å². The first kappa shape index (κ1) is 21.5. The number of carboxylic acids is 2. The molecule has 0 spiro atoms. The van der Waals surface area contributed by atoms with Gasteiger partial charge in [-0.25, -0.2) is 4.79 Å². The number of aliphatic carboxylic acids is 2. The topological polar surface area (TPSA) is 204 Å². The molecule has 0 aliphatic carbocycles. The molecular weight excluding hydrogens is 408 g/mol. The Morgan fingerprint density at radius 1 is 1.19 bits per heavy atom.